The van der Waals surface area contributed by atoms with Crippen LogP contribution in [0.4, 0.5) is 13.2 Å². The number of hydrogen-bond acceptors (Lipinski definition) is 2. The van der Waals surface area contributed by atoms with Crippen molar-refractivity contribution in [2.24, 2.45) is 0 Å². The van der Waals surface area contributed by atoms with Gasteiger partial charge in [-0.2, -0.15) is 13.2 Å². The molecule has 0 amide bonds. The molecule has 0 aliphatic carbocycles. The highest BCUT2D eigenvalue weighted by Gasteiger charge is 2.31. The number of rotatable bonds is 0. The summed E-state index contributed by atoms with van der Waals surface area (Å²) in [6.07, 6.45) is -4.28. The van der Waals surface area contributed by atoms with E-state index in [1.807, 2.05) is 24.3 Å². The van der Waals surface area contributed by atoms with Crippen LogP contribution in [-0.4, -0.2) is 0 Å². The summed E-state index contributed by atoms with van der Waals surface area (Å²) in [6, 6.07) is 11.6. The topological polar surface area (TPSA) is 0 Å². The Morgan fingerprint density at radius 1 is 0.722 bits per heavy atom. The predicted molar refractivity (Wildman–Crippen MR) is 66.1 cm³/mol. The van der Waals surface area contributed by atoms with Crippen molar-refractivity contribution in [3.8, 4) is 0 Å². The number of fused-ring (bicyclic) bond motifs is 2. The minimum Gasteiger partial charge on any atom is -0.166 e. The molecule has 0 N–H and O–H groups in total. The second-order valence-electron chi connectivity index (χ2n) is 3.81. The minimum atomic E-state index is -4.28. The summed E-state index contributed by atoms with van der Waals surface area (Å²) < 4.78 is 37.9. The Bertz CT molecular complexity index is 605. The van der Waals surface area contributed by atoms with Gasteiger partial charge in [-0.3, -0.25) is 0 Å². The third-order valence-corrected chi connectivity index (χ3v) is 5.10. The van der Waals surface area contributed by atoms with Crippen LogP contribution in [0.3, 0.4) is 0 Å². The van der Waals surface area contributed by atoms with Crippen molar-refractivity contribution in [3.63, 3.8) is 0 Å². The van der Waals surface area contributed by atoms with E-state index in [0.717, 1.165) is 20.8 Å². The smallest absolute Gasteiger partial charge is 0.166 e. The fraction of sp³-hybridized carbons (Fsp3) is 0.0769. The van der Waals surface area contributed by atoms with E-state index in [-0.39, 0.29) is 0 Å². The maximum Gasteiger partial charge on any atom is 0.416 e. The zero-order valence-corrected chi connectivity index (χ0v) is 10.6. The third kappa shape index (κ3) is 2.12. The molecule has 1 aliphatic heterocycles. The minimum absolute atomic E-state index is 0.589. The lowest BCUT2D eigenvalue weighted by atomic mass is 10.2. The van der Waals surface area contributed by atoms with Gasteiger partial charge in [-0.05, 0) is 30.3 Å². The first-order valence-electron chi connectivity index (χ1n) is 5.20. The van der Waals surface area contributed by atoms with Gasteiger partial charge in [0.1, 0.15) is 0 Å². The highest BCUT2D eigenvalue weighted by atomic mass is 32.2. The number of halogens is 3. The van der Waals surface area contributed by atoms with E-state index in [0.29, 0.717) is 4.90 Å². The number of alkyl halides is 3. The van der Waals surface area contributed by atoms with Crippen molar-refractivity contribution >= 4 is 23.5 Å². The fourth-order valence-corrected chi connectivity index (χ4v) is 3.96. The average Bonchev–Trinajstić information content (AvgIpc) is 2.34. The van der Waals surface area contributed by atoms with Crippen LogP contribution in [0.5, 0.6) is 0 Å². The van der Waals surface area contributed by atoms with E-state index in [1.165, 1.54) is 29.6 Å². The molecule has 3 rings (SSSR count). The molecule has 1 aliphatic rings. The maximum atomic E-state index is 12.6. The molecule has 0 atom stereocenters. The number of benzene rings is 2. The molecule has 0 aromatic heterocycles. The highest BCUT2D eigenvalue weighted by Crippen LogP contribution is 2.49. The molecule has 0 bridgehead atoms. The summed E-state index contributed by atoms with van der Waals surface area (Å²) in [7, 11) is 0. The predicted octanol–water partition coefficient (Wildman–Crippen LogP) is 5.32. The van der Waals surface area contributed by atoms with E-state index < -0.39 is 11.7 Å². The van der Waals surface area contributed by atoms with Crippen molar-refractivity contribution in [2.75, 3.05) is 0 Å². The molecule has 1 heterocycles. The monoisotopic (exact) mass is 284 g/mol. The van der Waals surface area contributed by atoms with Gasteiger partial charge in [-0.15, -0.1) is 0 Å². The van der Waals surface area contributed by atoms with Gasteiger partial charge in [-0.1, -0.05) is 35.7 Å². The zero-order chi connectivity index (χ0) is 12.8. The molecule has 2 aromatic carbocycles. The lowest BCUT2D eigenvalue weighted by molar-refractivity contribution is -0.137. The molecule has 5 heteroatoms. The third-order valence-electron chi connectivity index (χ3n) is 2.56. The van der Waals surface area contributed by atoms with Crippen LogP contribution in [0.15, 0.2) is 62.0 Å². The lowest BCUT2D eigenvalue weighted by Crippen LogP contribution is -2.05. The van der Waals surface area contributed by atoms with E-state index >= 15 is 0 Å². The molecule has 0 nitrogen and oxygen atoms in total. The van der Waals surface area contributed by atoms with Gasteiger partial charge in [0, 0.05) is 19.6 Å². The van der Waals surface area contributed by atoms with Crippen LogP contribution >= 0.6 is 23.5 Å². The van der Waals surface area contributed by atoms with Crippen LogP contribution in [0.25, 0.3) is 0 Å². The summed E-state index contributed by atoms with van der Waals surface area (Å²) in [4.78, 5) is 3.66. The summed E-state index contributed by atoms with van der Waals surface area (Å²) >= 11 is 2.91. The van der Waals surface area contributed by atoms with Crippen molar-refractivity contribution in [1.29, 1.82) is 0 Å². The molecule has 0 spiro atoms. The quantitative estimate of drug-likeness (QED) is 0.548. The molecule has 0 saturated heterocycles. The Hall–Kier alpha value is -1.07. The van der Waals surface area contributed by atoms with Crippen molar-refractivity contribution in [2.45, 2.75) is 25.8 Å². The second kappa shape index (κ2) is 4.24. The zero-order valence-electron chi connectivity index (χ0n) is 8.99. The summed E-state index contributed by atoms with van der Waals surface area (Å²) in [5, 5.41) is 0. The molecule has 92 valence electrons. The average molecular weight is 284 g/mol. The number of hydrogen-bond donors (Lipinski definition) is 0. The van der Waals surface area contributed by atoms with Crippen molar-refractivity contribution in [3.05, 3.63) is 48.0 Å². The van der Waals surface area contributed by atoms with Gasteiger partial charge in [0.25, 0.3) is 0 Å². The largest absolute Gasteiger partial charge is 0.416 e. The molecule has 0 saturated carbocycles. The van der Waals surface area contributed by atoms with E-state index in [9.17, 15) is 13.2 Å². The van der Waals surface area contributed by atoms with Crippen LogP contribution in [0.2, 0.25) is 0 Å². The molecule has 0 fully saturated rings. The Labute approximate surface area is 111 Å². The summed E-state index contributed by atoms with van der Waals surface area (Å²) in [5.74, 6) is 0. The van der Waals surface area contributed by atoms with E-state index in [2.05, 4.69) is 0 Å². The van der Waals surface area contributed by atoms with Crippen LogP contribution < -0.4 is 0 Å². The van der Waals surface area contributed by atoms with Gasteiger partial charge in [0.05, 0.1) is 5.56 Å². The molecule has 0 radical (unpaired) electrons. The first kappa shape index (κ1) is 12.0. The Kier molecular flexibility index (Phi) is 2.83. The van der Waals surface area contributed by atoms with E-state index in [4.69, 9.17) is 0 Å². The highest BCUT2D eigenvalue weighted by molar-refractivity contribution is 8.05. The fourth-order valence-electron chi connectivity index (χ4n) is 1.70. The lowest BCUT2D eigenvalue weighted by Gasteiger charge is -2.19. The van der Waals surface area contributed by atoms with E-state index in [1.54, 1.807) is 6.07 Å². The summed E-state index contributed by atoms with van der Waals surface area (Å²) in [5.41, 5.74) is -0.589. The van der Waals surface area contributed by atoms with Crippen molar-refractivity contribution in [1.82, 2.24) is 0 Å². The van der Waals surface area contributed by atoms with Crippen LogP contribution in [-0.2, 0) is 6.18 Å². The maximum absolute atomic E-state index is 12.6. The Balaban J connectivity index is 2.04. The summed E-state index contributed by atoms with van der Waals surface area (Å²) in [6.45, 7) is 0. The Morgan fingerprint density at radius 3 is 1.89 bits per heavy atom. The SMILES string of the molecule is FC(F)(F)c1ccc2c(c1)Sc1ccccc1S2. The van der Waals surface area contributed by atoms with Gasteiger partial charge in [0.2, 0.25) is 0 Å². The molecule has 18 heavy (non-hydrogen) atoms. The molecular formula is C13H7F3S2. The van der Waals surface area contributed by atoms with Gasteiger partial charge in [0.15, 0.2) is 0 Å². The van der Waals surface area contributed by atoms with Crippen LogP contribution in [0, 0.1) is 0 Å². The first-order chi connectivity index (χ1) is 8.54. The standard InChI is InChI=1S/C13H7F3S2/c14-13(15,16)8-5-6-11-12(7-8)18-10-4-2-1-3-9(10)17-11/h1-7H. The second-order valence-corrected chi connectivity index (χ2v) is 5.98. The molecular weight excluding hydrogens is 277 g/mol. The Morgan fingerprint density at radius 2 is 1.28 bits per heavy atom. The molecule has 2 aromatic rings. The van der Waals surface area contributed by atoms with Gasteiger partial charge >= 0.3 is 6.18 Å². The molecule has 0 unspecified atom stereocenters. The van der Waals surface area contributed by atoms with Crippen LogP contribution in [0.1, 0.15) is 5.56 Å². The first-order valence-corrected chi connectivity index (χ1v) is 6.83. The van der Waals surface area contributed by atoms with Gasteiger partial charge in [-0.25, -0.2) is 0 Å². The van der Waals surface area contributed by atoms with Gasteiger partial charge < -0.3 is 0 Å². The van der Waals surface area contributed by atoms with Crippen molar-refractivity contribution < 1.29 is 13.2 Å². The normalized spacial score (nSPS) is 13.9.